The summed E-state index contributed by atoms with van der Waals surface area (Å²) in [5, 5.41) is 13.9. The Morgan fingerprint density at radius 1 is 1.17 bits per heavy atom. The first-order chi connectivity index (χ1) is 8.56. The highest BCUT2D eigenvalue weighted by Gasteiger charge is 2.08. The molecular formula is C13H13N3O2. The zero-order valence-corrected chi connectivity index (χ0v) is 9.88. The molecule has 0 saturated carbocycles. The van der Waals surface area contributed by atoms with Crippen molar-refractivity contribution in [2.45, 2.75) is 6.92 Å². The molecule has 0 fully saturated rings. The van der Waals surface area contributed by atoms with E-state index in [1.54, 1.807) is 18.2 Å². The molecule has 0 bridgehead atoms. The third kappa shape index (κ3) is 2.57. The predicted molar refractivity (Wildman–Crippen MR) is 72.0 cm³/mol. The summed E-state index contributed by atoms with van der Waals surface area (Å²) in [6, 6.07) is 11.9. The molecule has 0 amide bonds. The minimum absolute atomic E-state index is 0.0681. The number of nitrogens with zero attached hydrogens (tertiary/aromatic N) is 1. The van der Waals surface area contributed by atoms with Crippen LogP contribution in [-0.2, 0) is 0 Å². The Hall–Kier alpha value is -2.56. The van der Waals surface area contributed by atoms with E-state index in [0.29, 0.717) is 11.4 Å². The average Bonchev–Trinajstić information content (AvgIpc) is 2.34. The predicted octanol–water partition coefficient (Wildman–Crippen LogP) is 3.23. The van der Waals surface area contributed by atoms with Gasteiger partial charge in [-0.1, -0.05) is 6.07 Å². The van der Waals surface area contributed by atoms with E-state index in [9.17, 15) is 10.1 Å². The van der Waals surface area contributed by atoms with Gasteiger partial charge in [0.05, 0.1) is 4.92 Å². The number of benzene rings is 2. The van der Waals surface area contributed by atoms with Gasteiger partial charge in [-0.25, -0.2) is 0 Å². The van der Waals surface area contributed by atoms with Gasteiger partial charge in [0.15, 0.2) is 0 Å². The zero-order chi connectivity index (χ0) is 13.1. The van der Waals surface area contributed by atoms with Crippen LogP contribution < -0.4 is 11.1 Å². The number of hydrogen-bond acceptors (Lipinski definition) is 4. The maximum absolute atomic E-state index is 10.7. The van der Waals surface area contributed by atoms with Gasteiger partial charge in [-0.2, -0.15) is 0 Å². The van der Waals surface area contributed by atoms with Crippen molar-refractivity contribution in [3.63, 3.8) is 0 Å². The van der Waals surface area contributed by atoms with Gasteiger partial charge in [0, 0.05) is 29.2 Å². The molecule has 0 aliphatic heterocycles. The van der Waals surface area contributed by atoms with E-state index in [-0.39, 0.29) is 5.69 Å². The fourth-order valence-electron chi connectivity index (χ4n) is 1.58. The molecule has 2 rings (SSSR count). The summed E-state index contributed by atoms with van der Waals surface area (Å²) >= 11 is 0. The quantitative estimate of drug-likeness (QED) is 0.492. The van der Waals surface area contributed by atoms with E-state index in [4.69, 9.17) is 5.73 Å². The number of hydrogen-bond donors (Lipinski definition) is 2. The molecule has 5 heteroatoms. The molecule has 0 radical (unpaired) electrons. The normalized spacial score (nSPS) is 10.1. The lowest BCUT2D eigenvalue weighted by atomic mass is 10.1. The maximum Gasteiger partial charge on any atom is 0.271 e. The van der Waals surface area contributed by atoms with Gasteiger partial charge in [-0.3, -0.25) is 10.1 Å². The monoisotopic (exact) mass is 243 g/mol. The van der Waals surface area contributed by atoms with E-state index in [1.165, 1.54) is 12.1 Å². The van der Waals surface area contributed by atoms with E-state index in [1.807, 2.05) is 19.1 Å². The van der Waals surface area contributed by atoms with Crippen molar-refractivity contribution in [3.05, 3.63) is 58.1 Å². The summed E-state index contributed by atoms with van der Waals surface area (Å²) in [7, 11) is 0. The van der Waals surface area contributed by atoms with Crippen molar-refractivity contribution in [1.82, 2.24) is 0 Å². The average molecular weight is 243 g/mol. The second kappa shape index (κ2) is 4.75. The molecule has 5 nitrogen and oxygen atoms in total. The first-order valence-corrected chi connectivity index (χ1v) is 5.44. The molecular weight excluding hydrogens is 230 g/mol. The molecule has 3 N–H and O–H groups in total. The van der Waals surface area contributed by atoms with Crippen LogP contribution in [0.1, 0.15) is 5.56 Å². The molecule has 0 spiro atoms. The number of nitrogens with two attached hydrogens (primary N) is 1. The van der Waals surface area contributed by atoms with Crippen LogP contribution >= 0.6 is 0 Å². The van der Waals surface area contributed by atoms with Crippen LogP contribution in [0.4, 0.5) is 22.7 Å². The Morgan fingerprint density at radius 2 is 1.83 bits per heavy atom. The Kier molecular flexibility index (Phi) is 3.14. The molecule has 0 unspecified atom stereocenters. The van der Waals surface area contributed by atoms with Gasteiger partial charge in [0.25, 0.3) is 5.69 Å². The third-order valence-corrected chi connectivity index (χ3v) is 2.62. The standard InChI is InChI=1S/C13H13N3O2/c1-9-2-7-12(16(17)18)8-13(9)15-11-5-3-10(14)4-6-11/h2-8,15H,14H2,1H3. The van der Waals surface area contributed by atoms with Crippen LogP contribution in [0.5, 0.6) is 0 Å². The van der Waals surface area contributed by atoms with Crippen LogP contribution in [0.15, 0.2) is 42.5 Å². The Labute approximate surface area is 104 Å². The van der Waals surface area contributed by atoms with Gasteiger partial charge in [0.2, 0.25) is 0 Å². The van der Waals surface area contributed by atoms with Crippen molar-refractivity contribution in [3.8, 4) is 0 Å². The van der Waals surface area contributed by atoms with Crippen molar-refractivity contribution in [2.24, 2.45) is 0 Å². The Bertz CT molecular complexity index is 579. The number of anilines is 3. The highest BCUT2D eigenvalue weighted by Crippen LogP contribution is 2.25. The summed E-state index contributed by atoms with van der Waals surface area (Å²) in [6.07, 6.45) is 0. The van der Waals surface area contributed by atoms with E-state index in [2.05, 4.69) is 5.32 Å². The van der Waals surface area contributed by atoms with Gasteiger partial charge < -0.3 is 11.1 Å². The number of nitro groups is 1. The molecule has 2 aromatic rings. The zero-order valence-electron chi connectivity index (χ0n) is 9.88. The number of nitrogen functional groups attached to an aromatic ring is 1. The van der Waals surface area contributed by atoms with Gasteiger partial charge in [-0.15, -0.1) is 0 Å². The lowest BCUT2D eigenvalue weighted by molar-refractivity contribution is -0.384. The molecule has 0 aromatic heterocycles. The highest BCUT2D eigenvalue weighted by molar-refractivity contribution is 5.66. The number of non-ortho nitro benzene ring substituents is 1. The summed E-state index contributed by atoms with van der Waals surface area (Å²) in [5.74, 6) is 0. The van der Waals surface area contributed by atoms with E-state index in [0.717, 1.165) is 11.3 Å². The fraction of sp³-hybridized carbons (Fsp3) is 0.0769. The van der Waals surface area contributed by atoms with Crippen LogP contribution in [0.3, 0.4) is 0 Å². The highest BCUT2D eigenvalue weighted by atomic mass is 16.6. The smallest absolute Gasteiger partial charge is 0.271 e. The molecule has 0 heterocycles. The van der Waals surface area contributed by atoms with Crippen LogP contribution in [0.25, 0.3) is 0 Å². The summed E-state index contributed by atoms with van der Waals surface area (Å²) in [4.78, 5) is 10.3. The Morgan fingerprint density at radius 3 is 2.44 bits per heavy atom. The minimum atomic E-state index is -0.409. The van der Waals surface area contributed by atoms with Gasteiger partial charge >= 0.3 is 0 Å². The second-order valence-electron chi connectivity index (χ2n) is 4.00. The number of nitrogens with one attached hydrogen (secondary N) is 1. The topological polar surface area (TPSA) is 81.2 Å². The fourth-order valence-corrected chi connectivity index (χ4v) is 1.58. The molecule has 0 aliphatic carbocycles. The van der Waals surface area contributed by atoms with Crippen LogP contribution in [0.2, 0.25) is 0 Å². The summed E-state index contributed by atoms with van der Waals surface area (Å²) in [6.45, 7) is 1.89. The van der Waals surface area contributed by atoms with Crippen LogP contribution in [0, 0.1) is 17.0 Å². The number of rotatable bonds is 3. The van der Waals surface area contributed by atoms with Gasteiger partial charge in [-0.05, 0) is 36.8 Å². The maximum atomic E-state index is 10.7. The first kappa shape index (κ1) is 11.9. The second-order valence-corrected chi connectivity index (χ2v) is 4.00. The molecule has 0 saturated heterocycles. The summed E-state index contributed by atoms with van der Waals surface area (Å²) < 4.78 is 0. The molecule has 92 valence electrons. The lowest BCUT2D eigenvalue weighted by Crippen LogP contribution is -1.96. The largest absolute Gasteiger partial charge is 0.399 e. The lowest BCUT2D eigenvalue weighted by Gasteiger charge is -2.09. The van der Waals surface area contributed by atoms with Crippen LogP contribution in [-0.4, -0.2) is 4.92 Å². The van der Waals surface area contributed by atoms with Crippen molar-refractivity contribution < 1.29 is 4.92 Å². The first-order valence-electron chi connectivity index (χ1n) is 5.44. The van der Waals surface area contributed by atoms with Crippen molar-refractivity contribution >= 4 is 22.7 Å². The Balaban J connectivity index is 2.30. The molecule has 0 aliphatic rings. The van der Waals surface area contributed by atoms with Gasteiger partial charge in [0.1, 0.15) is 0 Å². The molecule has 0 atom stereocenters. The number of nitro benzene ring substituents is 1. The third-order valence-electron chi connectivity index (χ3n) is 2.62. The van der Waals surface area contributed by atoms with E-state index >= 15 is 0 Å². The minimum Gasteiger partial charge on any atom is -0.399 e. The van der Waals surface area contributed by atoms with Crippen molar-refractivity contribution in [1.29, 1.82) is 0 Å². The SMILES string of the molecule is Cc1ccc([N+](=O)[O-])cc1Nc1ccc(N)cc1. The summed E-state index contributed by atoms with van der Waals surface area (Å²) in [5.41, 5.74) is 8.84. The number of aryl methyl sites for hydroxylation is 1. The molecule has 18 heavy (non-hydrogen) atoms. The molecule has 2 aromatic carbocycles. The van der Waals surface area contributed by atoms with E-state index < -0.39 is 4.92 Å². The van der Waals surface area contributed by atoms with Crippen molar-refractivity contribution in [2.75, 3.05) is 11.1 Å².